The third kappa shape index (κ3) is 5.86. The maximum Gasteiger partial charge on any atom is 0.312 e. The Balaban J connectivity index is 1.56. The number of benzene rings is 2. The first-order chi connectivity index (χ1) is 15.5. The van der Waals surface area contributed by atoms with E-state index >= 15 is 0 Å². The minimum atomic E-state index is -0.972. The van der Waals surface area contributed by atoms with Crippen LogP contribution in [0.3, 0.4) is 0 Å². The number of hydrazine groups is 1. The van der Waals surface area contributed by atoms with E-state index in [1.54, 1.807) is 24.3 Å². The molecule has 1 saturated heterocycles. The number of carbonyl (C=O) groups excluding carboxylic acids is 4. The molecule has 1 aliphatic heterocycles. The molecule has 0 spiro atoms. The number of nitrogens with one attached hydrogen (secondary N) is 1. The first-order valence-corrected chi connectivity index (χ1v) is 11.0. The zero-order valence-corrected chi connectivity index (χ0v) is 19.7. The topological polar surface area (TPSA) is 92.8 Å². The number of carbonyl (C=O) groups is 4. The fourth-order valence-corrected chi connectivity index (χ4v) is 3.56. The van der Waals surface area contributed by atoms with Gasteiger partial charge in [0.2, 0.25) is 11.7 Å². The van der Waals surface area contributed by atoms with Crippen LogP contribution >= 0.6 is 0 Å². The molecule has 2 aromatic carbocycles. The second kappa shape index (κ2) is 9.57. The van der Waals surface area contributed by atoms with E-state index in [1.165, 1.54) is 6.92 Å². The molecular weight excluding hydrogens is 420 g/mol. The maximum atomic E-state index is 12.6. The number of aryl methyl sites for hydroxylation is 1. The van der Waals surface area contributed by atoms with Crippen molar-refractivity contribution in [3.8, 4) is 0 Å². The van der Waals surface area contributed by atoms with Crippen LogP contribution < -0.4 is 5.43 Å². The van der Waals surface area contributed by atoms with Crippen LogP contribution in [0, 0.1) is 12.8 Å². The van der Waals surface area contributed by atoms with Gasteiger partial charge in [0.25, 0.3) is 5.91 Å². The Morgan fingerprint density at radius 2 is 1.58 bits per heavy atom. The van der Waals surface area contributed by atoms with E-state index < -0.39 is 23.9 Å². The molecule has 0 radical (unpaired) electrons. The van der Waals surface area contributed by atoms with Gasteiger partial charge in [-0.05, 0) is 37.0 Å². The van der Waals surface area contributed by atoms with Crippen molar-refractivity contribution in [3.63, 3.8) is 0 Å². The number of hydrogen-bond donors (Lipinski definition) is 1. The van der Waals surface area contributed by atoms with Gasteiger partial charge in [-0.15, -0.1) is 0 Å². The average Bonchev–Trinajstić information content (AvgIpc) is 3.13. The summed E-state index contributed by atoms with van der Waals surface area (Å²) < 4.78 is 5.33. The van der Waals surface area contributed by atoms with Crippen molar-refractivity contribution in [2.75, 3.05) is 6.54 Å². The Morgan fingerprint density at radius 3 is 2.15 bits per heavy atom. The first kappa shape index (κ1) is 24.2. The largest absolute Gasteiger partial charge is 0.454 e. The average molecular weight is 451 g/mol. The highest BCUT2D eigenvalue weighted by Crippen LogP contribution is 2.23. The molecule has 0 aromatic heterocycles. The summed E-state index contributed by atoms with van der Waals surface area (Å²) in [4.78, 5) is 50.0. The molecule has 1 heterocycles. The van der Waals surface area contributed by atoms with E-state index in [4.69, 9.17) is 4.74 Å². The maximum absolute atomic E-state index is 12.6. The third-order valence-corrected chi connectivity index (χ3v) is 5.71. The monoisotopic (exact) mass is 450 g/mol. The Morgan fingerprint density at radius 1 is 1.00 bits per heavy atom. The van der Waals surface area contributed by atoms with Gasteiger partial charge < -0.3 is 4.74 Å². The summed E-state index contributed by atoms with van der Waals surface area (Å²) in [5.41, 5.74) is 5.51. The van der Waals surface area contributed by atoms with Gasteiger partial charge in [-0.1, -0.05) is 62.7 Å². The molecule has 2 amide bonds. The summed E-state index contributed by atoms with van der Waals surface area (Å²) in [6, 6.07) is 14.2. The summed E-state index contributed by atoms with van der Waals surface area (Å²) >= 11 is 0. The molecule has 2 atom stereocenters. The molecule has 2 aromatic rings. The molecule has 1 N–H and O–H groups in total. The molecule has 0 saturated carbocycles. The number of hydrogen-bond acceptors (Lipinski definition) is 5. The fraction of sp³-hybridized carbons (Fsp3) is 0.385. The van der Waals surface area contributed by atoms with Gasteiger partial charge in [-0.25, -0.2) is 0 Å². The first-order valence-electron chi connectivity index (χ1n) is 11.0. The summed E-state index contributed by atoms with van der Waals surface area (Å²) in [6.07, 6.45) is -1.06. The van der Waals surface area contributed by atoms with E-state index in [0.717, 1.165) is 16.1 Å². The fourth-order valence-electron chi connectivity index (χ4n) is 3.56. The predicted octanol–water partition coefficient (Wildman–Crippen LogP) is 3.60. The van der Waals surface area contributed by atoms with Crippen molar-refractivity contribution in [2.45, 2.75) is 52.6 Å². The van der Waals surface area contributed by atoms with Crippen molar-refractivity contribution in [3.05, 3.63) is 70.8 Å². The lowest BCUT2D eigenvalue weighted by Gasteiger charge is -2.20. The summed E-state index contributed by atoms with van der Waals surface area (Å²) in [5, 5.41) is 1.14. The highest BCUT2D eigenvalue weighted by molar-refractivity contribution is 6.00. The van der Waals surface area contributed by atoms with Crippen molar-refractivity contribution < 1.29 is 23.9 Å². The highest BCUT2D eigenvalue weighted by Gasteiger charge is 2.37. The Bertz CT molecular complexity index is 1050. The van der Waals surface area contributed by atoms with Gasteiger partial charge in [-0.2, -0.15) is 0 Å². The molecule has 0 unspecified atom stereocenters. The van der Waals surface area contributed by atoms with Crippen LogP contribution in [0.1, 0.15) is 66.0 Å². The number of nitrogens with zero attached hydrogens (tertiary/aromatic N) is 1. The standard InChI is InChI=1S/C26H30N2O5/c1-16-6-8-18(9-7-16)23(30)17(2)33-25(32)20-14-22(29)28(15-20)27-24(31)19-10-12-21(13-11-19)26(3,4)5/h6-13,17,20H,14-15H2,1-5H3,(H,27,31)/t17-,20-/m1/s1. The third-order valence-electron chi connectivity index (χ3n) is 5.71. The van der Waals surface area contributed by atoms with Crippen molar-refractivity contribution in [1.29, 1.82) is 0 Å². The van der Waals surface area contributed by atoms with Crippen LogP contribution in [0.5, 0.6) is 0 Å². The number of esters is 1. The second-order valence-electron chi connectivity index (χ2n) is 9.48. The van der Waals surface area contributed by atoms with Crippen molar-refractivity contribution >= 4 is 23.6 Å². The minimum Gasteiger partial charge on any atom is -0.454 e. The quantitative estimate of drug-likeness (QED) is 0.536. The smallest absolute Gasteiger partial charge is 0.312 e. The molecular formula is C26H30N2O5. The minimum absolute atomic E-state index is 0.00504. The van der Waals surface area contributed by atoms with Gasteiger partial charge in [0.05, 0.1) is 12.5 Å². The molecule has 174 valence electrons. The molecule has 1 fully saturated rings. The van der Waals surface area contributed by atoms with Crippen LogP contribution in [0.15, 0.2) is 48.5 Å². The summed E-state index contributed by atoms with van der Waals surface area (Å²) in [6.45, 7) is 9.67. The lowest BCUT2D eigenvalue weighted by Crippen LogP contribution is -2.43. The number of amides is 2. The van der Waals surface area contributed by atoms with E-state index in [1.807, 2.05) is 31.2 Å². The van der Waals surface area contributed by atoms with E-state index in [9.17, 15) is 19.2 Å². The SMILES string of the molecule is Cc1ccc(C(=O)[C@@H](C)OC(=O)[C@@H]2CC(=O)N(NC(=O)c3ccc(C(C)(C)C)cc3)C2)cc1. The molecule has 7 nitrogen and oxygen atoms in total. The Hall–Kier alpha value is -3.48. The van der Waals surface area contributed by atoms with Crippen molar-refractivity contribution in [1.82, 2.24) is 10.4 Å². The van der Waals surface area contributed by atoms with Gasteiger partial charge in [-0.3, -0.25) is 29.6 Å². The highest BCUT2D eigenvalue weighted by atomic mass is 16.5. The van der Waals surface area contributed by atoms with Crippen molar-refractivity contribution in [2.24, 2.45) is 5.92 Å². The number of Topliss-reactive ketones (excluding diaryl/α,β-unsaturated/α-hetero) is 1. The van der Waals surface area contributed by atoms with E-state index in [-0.39, 0.29) is 30.1 Å². The van der Waals surface area contributed by atoms with Gasteiger partial charge >= 0.3 is 5.97 Å². The number of rotatable bonds is 6. The summed E-state index contributed by atoms with van der Waals surface area (Å²) in [7, 11) is 0. The van der Waals surface area contributed by atoms with Gasteiger partial charge in [0, 0.05) is 17.5 Å². The lowest BCUT2D eigenvalue weighted by molar-refractivity contribution is -0.151. The zero-order chi connectivity index (χ0) is 24.3. The van der Waals surface area contributed by atoms with Gasteiger partial charge in [0.15, 0.2) is 6.10 Å². The molecule has 0 bridgehead atoms. The van der Waals surface area contributed by atoms with Crippen LogP contribution in [-0.2, 0) is 19.7 Å². The molecule has 7 heteroatoms. The van der Waals surface area contributed by atoms with Crippen LogP contribution in [0.2, 0.25) is 0 Å². The summed E-state index contributed by atoms with van der Waals surface area (Å²) in [5.74, 6) is -2.51. The molecule has 1 aliphatic rings. The van der Waals surface area contributed by atoms with Crippen LogP contribution in [0.25, 0.3) is 0 Å². The predicted molar refractivity (Wildman–Crippen MR) is 123 cm³/mol. The number of ketones is 1. The van der Waals surface area contributed by atoms with Crippen LogP contribution in [0.4, 0.5) is 0 Å². The molecule has 3 rings (SSSR count). The zero-order valence-electron chi connectivity index (χ0n) is 19.7. The van der Waals surface area contributed by atoms with E-state index in [0.29, 0.717) is 11.1 Å². The second-order valence-corrected chi connectivity index (χ2v) is 9.48. The van der Waals surface area contributed by atoms with E-state index in [2.05, 4.69) is 26.2 Å². The normalized spacial score (nSPS) is 16.9. The van der Waals surface area contributed by atoms with Crippen LogP contribution in [-0.4, -0.2) is 41.2 Å². The molecule has 33 heavy (non-hydrogen) atoms. The lowest BCUT2D eigenvalue weighted by atomic mass is 9.87. The Labute approximate surface area is 194 Å². The van der Waals surface area contributed by atoms with Gasteiger partial charge in [0.1, 0.15) is 0 Å². The number of ether oxygens (including phenoxy) is 1. The molecule has 0 aliphatic carbocycles. The Kier molecular flexibility index (Phi) is 7.01.